The zero-order valence-corrected chi connectivity index (χ0v) is 12.1. The molecular weight excluding hydrogens is 296 g/mol. The molecule has 0 atom stereocenters. The molecule has 114 valence electrons. The number of anilines is 2. The molecule has 4 rings (SSSR count). The van der Waals surface area contributed by atoms with Crippen LogP contribution in [0.1, 0.15) is 10.4 Å². The van der Waals surface area contributed by atoms with E-state index in [1.807, 2.05) is 35.9 Å². The van der Waals surface area contributed by atoms with Crippen LogP contribution < -0.4 is 5.32 Å². The van der Waals surface area contributed by atoms with Gasteiger partial charge in [-0.2, -0.15) is 4.98 Å². The van der Waals surface area contributed by atoms with E-state index in [2.05, 4.69) is 15.3 Å². The van der Waals surface area contributed by atoms with Crippen LogP contribution in [0.25, 0.3) is 22.1 Å². The third-order valence-electron chi connectivity index (χ3n) is 3.64. The molecule has 0 spiro atoms. The first-order chi connectivity index (χ1) is 11.1. The van der Waals surface area contributed by atoms with Gasteiger partial charge in [-0.1, -0.05) is 12.1 Å². The van der Waals surface area contributed by atoms with Crippen LogP contribution in [-0.2, 0) is 7.05 Å². The first-order valence-electron chi connectivity index (χ1n) is 6.94. The van der Waals surface area contributed by atoms with Crippen molar-refractivity contribution in [3.63, 3.8) is 0 Å². The summed E-state index contributed by atoms with van der Waals surface area (Å²) in [7, 11) is 1.89. The summed E-state index contributed by atoms with van der Waals surface area (Å²) < 4.78 is 7.48. The summed E-state index contributed by atoms with van der Waals surface area (Å²) in [5.74, 6) is -0.407. The number of carboxylic acids is 1. The first-order valence-corrected chi connectivity index (χ1v) is 6.94. The van der Waals surface area contributed by atoms with Gasteiger partial charge in [0.15, 0.2) is 5.58 Å². The summed E-state index contributed by atoms with van der Waals surface area (Å²) in [4.78, 5) is 19.7. The molecule has 0 fully saturated rings. The normalized spacial score (nSPS) is 11.2. The molecule has 0 aliphatic heterocycles. The number of carboxylic acid groups (broad SMARTS) is 1. The van der Waals surface area contributed by atoms with Crippen LogP contribution in [0.2, 0.25) is 0 Å². The van der Waals surface area contributed by atoms with Crippen LogP contribution in [0.3, 0.4) is 0 Å². The van der Waals surface area contributed by atoms with E-state index < -0.39 is 5.97 Å². The second-order valence-electron chi connectivity index (χ2n) is 5.11. The van der Waals surface area contributed by atoms with Gasteiger partial charge in [-0.15, -0.1) is 0 Å². The van der Waals surface area contributed by atoms with Crippen molar-refractivity contribution in [2.24, 2.45) is 7.05 Å². The lowest BCUT2D eigenvalue weighted by atomic mass is 10.2. The number of nitrogens with zero attached hydrogens (tertiary/aromatic N) is 3. The maximum Gasteiger partial charge on any atom is 0.335 e. The minimum Gasteiger partial charge on any atom is -0.478 e. The lowest BCUT2D eigenvalue weighted by Crippen LogP contribution is -1.99. The maximum absolute atomic E-state index is 11.0. The number of nitrogens with one attached hydrogen (secondary N) is 1. The number of aromatic nitrogens is 3. The largest absolute Gasteiger partial charge is 0.478 e. The van der Waals surface area contributed by atoms with Crippen LogP contribution >= 0.6 is 0 Å². The molecule has 7 nitrogen and oxygen atoms in total. The van der Waals surface area contributed by atoms with Gasteiger partial charge < -0.3 is 14.1 Å². The zero-order chi connectivity index (χ0) is 16.0. The number of aryl methyl sites for hydroxylation is 1. The number of fused-ring (bicyclic) bond motifs is 2. The van der Waals surface area contributed by atoms with Crippen LogP contribution in [0.4, 0.5) is 12.0 Å². The van der Waals surface area contributed by atoms with Crippen molar-refractivity contribution in [3.05, 3.63) is 48.0 Å². The Labute approximate surface area is 130 Å². The van der Waals surface area contributed by atoms with Gasteiger partial charge in [0, 0.05) is 7.05 Å². The standard InChI is InChI=1S/C16H12N4O3/c1-20-12-5-3-2-4-10(12)17-15(20)19-16-18-11-8-9(14(21)22)6-7-13(11)23-16/h2-8H,1H3,(H,21,22)(H,17,18,19). The van der Waals surface area contributed by atoms with Gasteiger partial charge in [0.2, 0.25) is 5.95 Å². The fourth-order valence-corrected chi connectivity index (χ4v) is 2.47. The minimum absolute atomic E-state index is 0.167. The highest BCUT2D eigenvalue weighted by Crippen LogP contribution is 2.24. The quantitative estimate of drug-likeness (QED) is 0.604. The Bertz CT molecular complexity index is 1050. The van der Waals surface area contributed by atoms with E-state index in [4.69, 9.17) is 9.52 Å². The van der Waals surface area contributed by atoms with Gasteiger partial charge in [0.1, 0.15) is 5.52 Å². The molecule has 0 saturated carbocycles. The van der Waals surface area contributed by atoms with Gasteiger partial charge in [-0.05, 0) is 30.3 Å². The summed E-state index contributed by atoms with van der Waals surface area (Å²) in [5.41, 5.74) is 3.00. The topological polar surface area (TPSA) is 93.2 Å². The van der Waals surface area contributed by atoms with Crippen molar-refractivity contribution >= 4 is 40.1 Å². The van der Waals surface area contributed by atoms with Crippen molar-refractivity contribution in [1.29, 1.82) is 0 Å². The summed E-state index contributed by atoms with van der Waals surface area (Å²) in [6.07, 6.45) is 0. The van der Waals surface area contributed by atoms with Crippen LogP contribution in [0, 0.1) is 0 Å². The van der Waals surface area contributed by atoms with E-state index >= 15 is 0 Å². The van der Waals surface area contributed by atoms with Crippen molar-refractivity contribution in [2.75, 3.05) is 5.32 Å². The summed E-state index contributed by atoms with van der Waals surface area (Å²) in [6, 6.07) is 12.6. The molecule has 0 saturated heterocycles. The fraction of sp³-hybridized carbons (Fsp3) is 0.0625. The molecule has 2 N–H and O–H groups in total. The Morgan fingerprint density at radius 3 is 2.78 bits per heavy atom. The van der Waals surface area contributed by atoms with Crippen LogP contribution in [-0.4, -0.2) is 25.6 Å². The lowest BCUT2D eigenvalue weighted by molar-refractivity contribution is 0.0697. The van der Waals surface area contributed by atoms with E-state index in [1.165, 1.54) is 12.1 Å². The Kier molecular flexibility index (Phi) is 2.80. The van der Waals surface area contributed by atoms with E-state index in [9.17, 15) is 4.79 Å². The van der Waals surface area contributed by atoms with Gasteiger partial charge >= 0.3 is 12.0 Å². The lowest BCUT2D eigenvalue weighted by Gasteiger charge is -2.01. The molecule has 2 heterocycles. The molecule has 23 heavy (non-hydrogen) atoms. The molecular formula is C16H12N4O3. The molecule has 0 unspecified atom stereocenters. The third-order valence-corrected chi connectivity index (χ3v) is 3.64. The average Bonchev–Trinajstić information content (AvgIpc) is 3.08. The number of benzene rings is 2. The molecule has 0 bridgehead atoms. The first kappa shape index (κ1) is 13.3. The Morgan fingerprint density at radius 1 is 1.17 bits per heavy atom. The summed E-state index contributed by atoms with van der Waals surface area (Å²) in [5, 5.41) is 12.0. The highest BCUT2D eigenvalue weighted by molar-refractivity contribution is 5.92. The number of hydrogen-bond acceptors (Lipinski definition) is 5. The zero-order valence-electron chi connectivity index (χ0n) is 12.1. The third kappa shape index (κ3) is 2.18. The molecule has 0 radical (unpaired) electrons. The van der Waals surface area contributed by atoms with Crippen molar-refractivity contribution in [3.8, 4) is 0 Å². The van der Waals surface area contributed by atoms with E-state index in [-0.39, 0.29) is 11.6 Å². The Hall–Kier alpha value is -3.35. The maximum atomic E-state index is 11.0. The number of para-hydroxylation sites is 2. The number of aromatic carboxylic acids is 1. The van der Waals surface area contributed by atoms with Crippen molar-refractivity contribution in [2.45, 2.75) is 0 Å². The number of rotatable bonds is 3. The van der Waals surface area contributed by atoms with E-state index in [1.54, 1.807) is 6.07 Å². The monoisotopic (exact) mass is 308 g/mol. The average molecular weight is 308 g/mol. The Morgan fingerprint density at radius 2 is 2.00 bits per heavy atom. The predicted octanol–water partition coefficient (Wildman–Crippen LogP) is 3.16. The van der Waals surface area contributed by atoms with Gasteiger partial charge in [-0.3, -0.25) is 5.32 Å². The molecule has 4 aromatic rings. The minimum atomic E-state index is -1.00. The number of imidazole rings is 1. The highest BCUT2D eigenvalue weighted by Gasteiger charge is 2.13. The van der Waals surface area contributed by atoms with Gasteiger partial charge in [0.05, 0.1) is 16.6 Å². The predicted molar refractivity (Wildman–Crippen MR) is 85.0 cm³/mol. The van der Waals surface area contributed by atoms with Crippen LogP contribution in [0.15, 0.2) is 46.9 Å². The molecule has 7 heteroatoms. The number of hydrogen-bond donors (Lipinski definition) is 2. The summed E-state index contributed by atoms with van der Waals surface area (Å²) in [6.45, 7) is 0. The molecule has 2 aromatic heterocycles. The second-order valence-corrected chi connectivity index (χ2v) is 5.11. The highest BCUT2D eigenvalue weighted by atomic mass is 16.4. The SMILES string of the molecule is Cn1c(Nc2nc3cc(C(=O)O)ccc3o2)nc2ccccc21. The van der Waals surface area contributed by atoms with Crippen LogP contribution in [0.5, 0.6) is 0 Å². The molecule has 2 aromatic carbocycles. The molecule has 0 aliphatic carbocycles. The number of oxazole rings is 1. The van der Waals surface area contributed by atoms with Crippen molar-refractivity contribution in [1.82, 2.24) is 14.5 Å². The van der Waals surface area contributed by atoms with Gasteiger partial charge in [-0.25, -0.2) is 9.78 Å². The van der Waals surface area contributed by atoms with E-state index in [0.717, 1.165) is 11.0 Å². The van der Waals surface area contributed by atoms with Gasteiger partial charge in [0.25, 0.3) is 0 Å². The molecule has 0 amide bonds. The summed E-state index contributed by atoms with van der Waals surface area (Å²) >= 11 is 0. The Balaban J connectivity index is 1.74. The second kappa shape index (κ2) is 4.84. The smallest absolute Gasteiger partial charge is 0.335 e. The number of carbonyl (C=O) groups is 1. The van der Waals surface area contributed by atoms with E-state index in [0.29, 0.717) is 17.0 Å². The fourth-order valence-electron chi connectivity index (χ4n) is 2.47. The van der Waals surface area contributed by atoms with Crippen molar-refractivity contribution < 1.29 is 14.3 Å². The molecule has 0 aliphatic rings.